The third-order valence-electron chi connectivity index (χ3n) is 5.64. The van der Waals surface area contributed by atoms with E-state index < -0.39 is 5.97 Å². The van der Waals surface area contributed by atoms with Crippen LogP contribution in [0.1, 0.15) is 44.9 Å². The lowest BCUT2D eigenvalue weighted by molar-refractivity contribution is -0.146. The van der Waals surface area contributed by atoms with Crippen LogP contribution < -0.4 is 0 Å². The normalized spacial score (nSPS) is 31.1. The zero-order valence-corrected chi connectivity index (χ0v) is 12.7. The average Bonchev–Trinajstić information content (AvgIpc) is 2.97. The minimum Gasteiger partial charge on any atom is -0.481 e. The minimum atomic E-state index is -0.716. The molecule has 0 aromatic heterocycles. The van der Waals surface area contributed by atoms with E-state index in [2.05, 4.69) is 4.90 Å². The first-order chi connectivity index (χ1) is 10.1. The number of piperidine rings is 2. The Labute approximate surface area is 126 Å². The number of carbonyl (C=O) groups excluding carboxylic acids is 1. The van der Waals surface area contributed by atoms with Gasteiger partial charge in [-0.1, -0.05) is 6.42 Å². The van der Waals surface area contributed by atoms with E-state index in [-0.39, 0.29) is 11.8 Å². The summed E-state index contributed by atoms with van der Waals surface area (Å²) in [7, 11) is 0. The lowest BCUT2D eigenvalue weighted by Crippen LogP contribution is -2.50. The van der Waals surface area contributed by atoms with E-state index >= 15 is 0 Å². The first-order valence-corrected chi connectivity index (χ1v) is 8.40. The van der Waals surface area contributed by atoms with Gasteiger partial charge in [0.05, 0.1) is 12.5 Å². The van der Waals surface area contributed by atoms with Crippen molar-refractivity contribution in [1.82, 2.24) is 9.80 Å². The standard InChI is InChI=1S/C16H26N2O3/c19-15(17-9-6-13(7-10-17)16(20)21)11-18-8-2-4-12-3-1-5-14(12)18/h12-14H,1-11H2,(H,20,21). The Morgan fingerprint density at radius 1 is 0.952 bits per heavy atom. The predicted octanol–water partition coefficient (Wildman–Crippen LogP) is 1.57. The fourth-order valence-corrected chi connectivity index (χ4v) is 4.40. The van der Waals surface area contributed by atoms with Crippen LogP contribution in [0.25, 0.3) is 0 Å². The maximum absolute atomic E-state index is 12.5. The topological polar surface area (TPSA) is 60.9 Å². The molecule has 2 saturated heterocycles. The zero-order valence-electron chi connectivity index (χ0n) is 12.7. The van der Waals surface area contributed by atoms with Gasteiger partial charge in [0.15, 0.2) is 0 Å². The van der Waals surface area contributed by atoms with Crippen LogP contribution in [0.5, 0.6) is 0 Å². The highest BCUT2D eigenvalue weighted by Crippen LogP contribution is 2.36. The number of rotatable bonds is 3. The first kappa shape index (κ1) is 14.8. The van der Waals surface area contributed by atoms with E-state index in [0.717, 1.165) is 12.5 Å². The molecule has 1 saturated carbocycles. The maximum atomic E-state index is 12.5. The number of carboxylic acid groups (broad SMARTS) is 1. The van der Waals surface area contributed by atoms with E-state index in [1.165, 1.54) is 32.1 Å². The molecule has 0 bridgehead atoms. The summed E-state index contributed by atoms with van der Waals surface area (Å²) in [5.74, 6) is 0.0332. The number of hydrogen-bond donors (Lipinski definition) is 1. The van der Waals surface area contributed by atoms with Crippen LogP contribution >= 0.6 is 0 Å². The summed E-state index contributed by atoms with van der Waals surface area (Å²) < 4.78 is 0. The number of hydrogen-bond acceptors (Lipinski definition) is 3. The fraction of sp³-hybridized carbons (Fsp3) is 0.875. The predicted molar refractivity (Wildman–Crippen MR) is 78.9 cm³/mol. The molecule has 118 valence electrons. The van der Waals surface area contributed by atoms with Crippen molar-refractivity contribution in [2.45, 2.75) is 51.0 Å². The molecular formula is C16H26N2O3. The highest BCUT2D eigenvalue weighted by Gasteiger charge is 2.36. The fourth-order valence-electron chi connectivity index (χ4n) is 4.40. The van der Waals surface area contributed by atoms with Crippen molar-refractivity contribution >= 4 is 11.9 Å². The van der Waals surface area contributed by atoms with Crippen molar-refractivity contribution in [2.75, 3.05) is 26.2 Å². The number of fused-ring (bicyclic) bond motifs is 1. The Morgan fingerprint density at radius 2 is 1.67 bits per heavy atom. The van der Waals surface area contributed by atoms with E-state index in [0.29, 0.717) is 38.5 Å². The summed E-state index contributed by atoms with van der Waals surface area (Å²) in [6.07, 6.45) is 7.65. The smallest absolute Gasteiger partial charge is 0.306 e. The van der Waals surface area contributed by atoms with Gasteiger partial charge in [-0.2, -0.15) is 0 Å². The van der Waals surface area contributed by atoms with Gasteiger partial charge in [0.25, 0.3) is 0 Å². The summed E-state index contributed by atoms with van der Waals surface area (Å²) in [6, 6.07) is 0.624. The highest BCUT2D eigenvalue weighted by molar-refractivity contribution is 5.79. The molecule has 21 heavy (non-hydrogen) atoms. The molecule has 0 aromatic rings. The molecule has 0 aromatic carbocycles. The summed E-state index contributed by atoms with van der Waals surface area (Å²) in [6.45, 7) is 2.81. The zero-order chi connectivity index (χ0) is 14.8. The molecule has 5 nitrogen and oxygen atoms in total. The van der Waals surface area contributed by atoms with E-state index in [4.69, 9.17) is 5.11 Å². The molecule has 0 spiro atoms. The second kappa shape index (κ2) is 6.34. The molecule has 3 aliphatic rings. The third kappa shape index (κ3) is 3.23. The first-order valence-electron chi connectivity index (χ1n) is 8.40. The van der Waals surface area contributed by atoms with Crippen LogP contribution in [-0.2, 0) is 9.59 Å². The largest absolute Gasteiger partial charge is 0.481 e. The summed E-state index contributed by atoms with van der Waals surface area (Å²) in [5, 5.41) is 9.02. The highest BCUT2D eigenvalue weighted by atomic mass is 16.4. The van der Waals surface area contributed by atoms with Crippen molar-refractivity contribution in [3.8, 4) is 0 Å². The molecule has 3 fully saturated rings. The molecule has 1 N–H and O–H groups in total. The molecule has 5 heteroatoms. The summed E-state index contributed by atoms with van der Waals surface area (Å²) in [4.78, 5) is 27.7. The van der Waals surface area contributed by atoms with Gasteiger partial charge >= 0.3 is 5.97 Å². The second-order valence-corrected chi connectivity index (χ2v) is 6.86. The van der Waals surface area contributed by atoms with Crippen molar-refractivity contribution in [3.05, 3.63) is 0 Å². The Balaban J connectivity index is 1.51. The number of amides is 1. The molecule has 1 amide bonds. The minimum absolute atomic E-state index is 0.200. The van der Waals surface area contributed by atoms with Crippen molar-refractivity contribution in [3.63, 3.8) is 0 Å². The Kier molecular flexibility index (Phi) is 4.48. The van der Waals surface area contributed by atoms with E-state index in [9.17, 15) is 9.59 Å². The summed E-state index contributed by atoms with van der Waals surface area (Å²) in [5.41, 5.74) is 0. The van der Waals surface area contributed by atoms with Crippen LogP contribution in [0, 0.1) is 11.8 Å². The molecule has 2 heterocycles. The number of aliphatic carboxylic acids is 1. The average molecular weight is 294 g/mol. The van der Waals surface area contributed by atoms with Crippen LogP contribution in [0.4, 0.5) is 0 Å². The van der Waals surface area contributed by atoms with Gasteiger partial charge in [0, 0.05) is 19.1 Å². The van der Waals surface area contributed by atoms with Gasteiger partial charge in [-0.15, -0.1) is 0 Å². The molecule has 0 radical (unpaired) electrons. The molecule has 2 atom stereocenters. The molecule has 2 unspecified atom stereocenters. The van der Waals surface area contributed by atoms with Crippen molar-refractivity contribution in [1.29, 1.82) is 0 Å². The van der Waals surface area contributed by atoms with Crippen LogP contribution in [-0.4, -0.2) is 59.0 Å². The Bertz CT molecular complexity index is 404. The quantitative estimate of drug-likeness (QED) is 0.858. The van der Waals surface area contributed by atoms with Gasteiger partial charge in [-0.25, -0.2) is 0 Å². The van der Waals surface area contributed by atoms with Gasteiger partial charge in [0.2, 0.25) is 5.91 Å². The monoisotopic (exact) mass is 294 g/mol. The van der Waals surface area contributed by atoms with Crippen LogP contribution in [0.2, 0.25) is 0 Å². The third-order valence-corrected chi connectivity index (χ3v) is 5.64. The Hall–Kier alpha value is -1.10. The number of carbonyl (C=O) groups is 2. The molecule has 2 aliphatic heterocycles. The number of carboxylic acids is 1. The Morgan fingerprint density at radius 3 is 2.38 bits per heavy atom. The van der Waals surface area contributed by atoms with Crippen molar-refractivity contribution in [2.24, 2.45) is 11.8 Å². The van der Waals surface area contributed by atoms with Gasteiger partial charge in [-0.05, 0) is 51.0 Å². The molecular weight excluding hydrogens is 268 g/mol. The van der Waals surface area contributed by atoms with E-state index in [1.54, 1.807) is 0 Å². The number of nitrogens with zero attached hydrogens (tertiary/aromatic N) is 2. The second-order valence-electron chi connectivity index (χ2n) is 6.86. The summed E-state index contributed by atoms with van der Waals surface area (Å²) >= 11 is 0. The van der Waals surface area contributed by atoms with Gasteiger partial charge in [0.1, 0.15) is 0 Å². The SMILES string of the molecule is O=C(O)C1CCN(C(=O)CN2CCCC3CCCC32)CC1. The lowest BCUT2D eigenvalue weighted by Gasteiger charge is -2.39. The maximum Gasteiger partial charge on any atom is 0.306 e. The van der Waals surface area contributed by atoms with Crippen molar-refractivity contribution < 1.29 is 14.7 Å². The van der Waals surface area contributed by atoms with Crippen LogP contribution in [0.15, 0.2) is 0 Å². The number of likely N-dealkylation sites (tertiary alicyclic amines) is 2. The van der Waals surface area contributed by atoms with Gasteiger partial charge < -0.3 is 10.0 Å². The molecule has 3 rings (SSSR count). The lowest BCUT2D eigenvalue weighted by atomic mass is 9.92. The molecule has 1 aliphatic carbocycles. The van der Waals surface area contributed by atoms with E-state index in [1.807, 2.05) is 4.90 Å². The van der Waals surface area contributed by atoms with Crippen LogP contribution in [0.3, 0.4) is 0 Å². The van der Waals surface area contributed by atoms with Gasteiger partial charge in [-0.3, -0.25) is 14.5 Å².